The maximum atomic E-state index is 12.8. The predicted octanol–water partition coefficient (Wildman–Crippen LogP) is 3.96. The maximum absolute atomic E-state index is 12.8. The molecule has 11 heteroatoms. The molecule has 160 valence electrons. The van der Waals surface area contributed by atoms with Gasteiger partial charge in [-0.2, -0.15) is 0 Å². The molecule has 0 aliphatic carbocycles. The summed E-state index contributed by atoms with van der Waals surface area (Å²) in [6.45, 7) is 5.63. The third kappa shape index (κ3) is 4.37. The van der Waals surface area contributed by atoms with Crippen molar-refractivity contribution in [3.63, 3.8) is 0 Å². The number of fused-ring (bicyclic) bond motifs is 3. The number of carbonyl (C=O) groups is 2. The van der Waals surface area contributed by atoms with Crippen molar-refractivity contribution < 1.29 is 14.3 Å². The van der Waals surface area contributed by atoms with Crippen LogP contribution in [-0.4, -0.2) is 48.9 Å². The summed E-state index contributed by atoms with van der Waals surface area (Å²) < 4.78 is 5.02. The second-order valence-electron chi connectivity index (χ2n) is 6.62. The van der Waals surface area contributed by atoms with Crippen molar-refractivity contribution in [2.45, 2.75) is 37.6 Å². The van der Waals surface area contributed by atoms with Crippen molar-refractivity contribution >= 4 is 62.2 Å². The SMILES string of the molecule is CCOC(=O)c1sc(NC(=O)[C@@H](CC)Sc2nnc3c(n2)[nH]c2ccccc23)nc1C. The molecular weight excluding hydrogens is 436 g/mol. The van der Waals surface area contributed by atoms with E-state index in [4.69, 9.17) is 4.74 Å². The molecule has 0 unspecified atom stereocenters. The van der Waals surface area contributed by atoms with Crippen molar-refractivity contribution in [1.29, 1.82) is 0 Å². The molecular formula is C20H20N6O3S2. The van der Waals surface area contributed by atoms with E-state index in [1.54, 1.807) is 13.8 Å². The third-order valence-corrected chi connectivity index (χ3v) is 6.77. The number of hydrogen-bond acceptors (Lipinski definition) is 9. The van der Waals surface area contributed by atoms with Crippen molar-refractivity contribution in [3.8, 4) is 0 Å². The van der Waals surface area contributed by atoms with E-state index in [-0.39, 0.29) is 12.5 Å². The molecule has 0 aliphatic heterocycles. The average Bonchev–Trinajstić information content (AvgIpc) is 3.31. The number of amides is 1. The molecule has 0 saturated heterocycles. The monoisotopic (exact) mass is 456 g/mol. The van der Waals surface area contributed by atoms with Crippen molar-refractivity contribution in [2.75, 3.05) is 11.9 Å². The van der Waals surface area contributed by atoms with E-state index < -0.39 is 11.2 Å². The number of thioether (sulfide) groups is 1. The quantitative estimate of drug-likeness (QED) is 0.316. The van der Waals surface area contributed by atoms with Crippen LogP contribution in [-0.2, 0) is 9.53 Å². The molecule has 9 nitrogen and oxygen atoms in total. The van der Waals surface area contributed by atoms with Crippen LogP contribution in [0.3, 0.4) is 0 Å². The summed E-state index contributed by atoms with van der Waals surface area (Å²) in [4.78, 5) is 37.2. The number of anilines is 1. The Labute approximate surface area is 186 Å². The summed E-state index contributed by atoms with van der Waals surface area (Å²) in [6.07, 6.45) is 0.555. The standard InChI is InChI=1S/C20H20N6O3S2/c1-4-13(17(27)24-19-21-10(3)15(31-19)18(28)29-5-2)30-20-23-16-14(25-26-20)11-8-6-7-9-12(11)22-16/h6-9,13H,4-5H2,1-3H3,(H,21,24,27)(H,22,23,26)/t13-/m1/s1. The number of benzene rings is 1. The number of carbonyl (C=O) groups excluding carboxylic acids is 2. The lowest BCUT2D eigenvalue weighted by molar-refractivity contribution is -0.115. The Bertz CT molecular complexity index is 1270. The van der Waals surface area contributed by atoms with Crippen LogP contribution in [0.25, 0.3) is 22.1 Å². The Balaban J connectivity index is 1.50. The van der Waals surface area contributed by atoms with Crippen molar-refractivity contribution in [1.82, 2.24) is 25.1 Å². The fraction of sp³-hybridized carbons (Fsp3) is 0.300. The molecule has 0 bridgehead atoms. The highest BCUT2D eigenvalue weighted by Gasteiger charge is 2.23. The summed E-state index contributed by atoms with van der Waals surface area (Å²) in [5.74, 6) is -0.678. The fourth-order valence-corrected chi connectivity index (χ4v) is 4.71. The third-order valence-electron chi connectivity index (χ3n) is 4.50. The van der Waals surface area contributed by atoms with E-state index in [1.165, 1.54) is 11.8 Å². The number of aryl methyl sites for hydroxylation is 1. The highest BCUT2D eigenvalue weighted by atomic mass is 32.2. The first-order chi connectivity index (χ1) is 15.0. The van der Waals surface area contributed by atoms with Crippen LogP contribution < -0.4 is 5.32 Å². The van der Waals surface area contributed by atoms with Gasteiger partial charge in [-0.3, -0.25) is 4.79 Å². The second-order valence-corrected chi connectivity index (χ2v) is 8.79. The Morgan fingerprint density at radius 2 is 2.03 bits per heavy atom. The molecule has 0 saturated carbocycles. The molecule has 0 radical (unpaired) electrons. The zero-order chi connectivity index (χ0) is 22.0. The van der Waals surface area contributed by atoms with Gasteiger partial charge in [-0.15, -0.1) is 10.2 Å². The minimum Gasteiger partial charge on any atom is -0.462 e. The Kier molecular flexibility index (Phi) is 6.14. The Hall–Kier alpha value is -3.05. The van der Waals surface area contributed by atoms with Gasteiger partial charge in [0.25, 0.3) is 0 Å². The predicted molar refractivity (Wildman–Crippen MR) is 121 cm³/mol. The number of thiazole rings is 1. The molecule has 31 heavy (non-hydrogen) atoms. The van der Waals surface area contributed by atoms with Gasteiger partial charge in [0, 0.05) is 10.9 Å². The van der Waals surface area contributed by atoms with Gasteiger partial charge in [0.2, 0.25) is 11.1 Å². The molecule has 0 spiro atoms. The molecule has 2 N–H and O–H groups in total. The van der Waals surface area contributed by atoms with Crippen LogP contribution >= 0.6 is 23.1 Å². The lowest BCUT2D eigenvalue weighted by Gasteiger charge is -2.11. The highest BCUT2D eigenvalue weighted by molar-refractivity contribution is 8.00. The van der Waals surface area contributed by atoms with Gasteiger partial charge in [0.05, 0.1) is 17.6 Å². The number of rotatable bonds is 7. The van der Waals surface area contributed by atoms with Gasteiger partial charge in [-0.05, 0) is 26.3 Å². The summed E-state index contributed by atoms with van der Waals surface area (Å²) in [6, 6.07) is 7.78. The van der Waals surface area contributed by atoms with Crippen LogP contribution in [0.5, 0.6) is 0 Å². The van der Waals surface area contributed by atoms with Gasteiger partial charge >= 0.3 is 5.97 Å². The van der Waals surface area contributed by atoms with E-state index in [0.717, 1.165) is 22.2 Å². The largest absolute Gasteiger partial charge is 0.462 e. The minimum absolute atomic E-state index is 0.239. The average molecular weight is 457 g/mol. The van der Waals surface area contributed by atoms with Gasteiger partial charge in [0.1, 0.15) is 10.4 Å². The van der Waals surface area contributed by atoms with Gasteiger partial charge in [-0.1, -0.05) is 48.2 Å². The molecule has 3 aromatic heterocycles. The van der Waals surface area contributed by atoms with E-state index in [0.29, 0.717) is 38.4 Å². The van der Waals surface area contributed by atoms with E-state index in [9.17, 15) is 9.59 Å². The molecule has 1 atom stereocenters. The zero-order valence-electron chi connectivity index (χ0n) is 17.1. The normalized spacial score (nSPS) is 12.2. The van der Waals surface area contributed by atoms with Crippen molar-refractivity contribution in [2.24, 2.45) is 0 Å². The van der Waals surface area contributed by atoms with Crippen molar-refractivity contribution in [3.05, 3.63) is 34.8 Å². The number of para-hydroxylation sites is 1. The molecule has 0 aliphatic rings. The lowest BCUT2D eigenvalue weighted by Crippen LogP contribution is -2.24. The van der Waals surface area contributed by atoms with E-state index in [2.05, 4.69) is 30.5 Å². The number of nitrogens with zero attached hydrogens (tertiary/aromatic N) is 4. The van der Waals surface area contributed by atoms with Crippen LogP contribution in [0.15, 0.2) is 29.4 Å². The molecule has 4 aromatic rings. The van der Waals surface area contributed by atoms with Crippen LogP contribution in [0.1, 0.15) is 35.6 Å². The number of aromatic amines is 1. The summed E-state index contributed by atoms with van der Waals surface area (Å²) in [7, 11) is 0. The first kappa shape index (κ1) is 21.2. The van der Waals surface area contributed by atoms with Gasteiger partial charge in [-0.25, -0.2) is 14.8 Å². The molecule has 3 heterocycles. The van der Waals surface area contributed by atoms with E-state index in [1.807, 2.05) is 31.2 Å². The first-order valence-corrected chi connectivity index (χ1v) is 11.4. The molecule has 1 amide bonds. The molecule has 0 fully saturated rings. The Morgan fingerprint density at radius 1 is 1.23 bits per heavy atom. The minimum atomic E-state index is -0.445. The fourth-order valence-electron chi connectivity index (χ4n) is 3.03. The number of ether oxygens (including phenoxy) is 1. The van der Waals surface area contributed by atoms with Crippen LogP contribution in [0.2, 0.25) is 0 Å². The van der Waals surface area contributed by atoms with Crippen LogP contribution in [0, 0.1) is 6.92 Å². The number of aromatic nitrogens is 5. The summed E-state index contributed by atoms with van der Waals surface area (Å²) in [5, 5.41) is 12.5. The second kappa shape index (κ2) is 8.98. The number of esters is 1. The molecule has 1 aromatic carbocycles. The van der Waals surface area contributed by atoms with Gasteiger partial charge < -0.3 is 15.0 Å². The summed E-state index contributed by atoms with van der Waals surface area (Å²) in [5.41, 5.74) is 2.78. The maximum Gasteiger partial charge on any atom is 0.350 e. The number of nitrogens with one attached hydrogen (secondary N) is 2. The van der Waals surface area contributed by atoms with Gasteiger partial charge in [0.15, 0.2) is 10.8 Å². The Morgan fingerprint density at radius 3 is 2.81 bits per heavy atom. The number of H-pyrrole nitrogens is 1. The molecule has 4 rings (SSSR count). The zero-order valence-corrected chi connectivity index (χ0v) is 18.8. The van der Waals surface area contributed by atoms with E-state index >= 15 is 0 Å². The topological polar surface area (TPSA) is 123 Å². The van der Waals surface area contributed by atoms with Crippen LogP contribution in [0.4, 0.5) is 5.13 Å². The highest BCUT2D eigenvalue weighted by Crippen LogP contribution is 2.28. The smallest absolute Gasteiger partial charge is 0.350 e. The summed E-state index contributed by atoms with van der Waals surface area (Å²) >= 11 is 2.33. The first-order valence-electron chi connectivity index (χ1n) is 9.73. The lowest BCUT2D eigenvalue weighted by atomic mass is 10.2. The number of hydrogen-bond donors (Lipinski definition) is 2.